The van der Waals surface area contributed by atoms with Crippen molar-refractivity contribution in [2.75, 3.05) is 0 Å². The number of para-hydroxylation sites is 1. The number of nitrogens with zero attached hydrogens (tertiary/aromatic N) is 3. The average Bonchev–Trinajstić information content (AvgIpc) is 3.15. The number of aryl methyl sites for hydroxylation is 1. The normalized spacial score (nSPS) is 19.8. The fourth-order valence-electron chi connectivity index (χ4n) is 2.98. The highest BCUT2D eigenvalue weighted by Gasteiger charge is 2.31. The van der Waals surface area contributed by atoms with Crippen molar-refractivity contribution >= 4 is 35.1 Å². The summed E-state index contributed by atoms with van der Waals surface area (Å²) in [6, 6.07) is 4.87. The molecule has 1 amide bonds. The fourth-order valence-corrected chi connectivity index (χ4v) is 3.53. The van der Waals surface area contributed by atoms with Gasteiger partial charge in [0.05, 0.1) is 16.0 Å². The first-order valence-electron chi connectivity index (χ1n) is 7.78. The lowest BCUT2D eigenvalue weighted by atomic mass is 10.1. The van der Waals surface area contributed by atoms with Gasteiger partial charge in [0.2, 0.25) is 5.82 Å². The second kappa shape index (κ2) is 7.01. The Kier molecular flexibility index (Phi) is 4.96. The van der Waals surface area contributed by atoms with E-state index in [1.165, 1.54) is 4.68 Å². The molecule has 1 aromatic heterocycles. The van der Waals surface area contributed by atoms with Crippen molar-refractivity contribution in [1.29, 1.82) is 0 Å². The molecule has 3 rings (SSSR count). The summed E-state index contributed by atoms with van der Waals surface area (Å²) in [7, 11) is 0. The number of carbonyl (C=O) groups excluding carboxylic acids is 1. The lowest BCUT2D eigenvalue weighted by Gasteiger charge is -2.10. The molecule has 25 heavy (non-hydrogen) atoms. The van der Waals surface area contributed by atoms with Crippen LogP contribution in [-0.2, 0) is 4.79 Å². The third-order valence-electron chi connectivity index (χ3n) is 4.24. The second-order valence-electron chi connectivity index (χ2n) is 5.98. The Morgan fingerprint density at radius 1 is 1.28 bits per heavy atom. The minimum atomic E-state index is -0.830. The summed E-state index contributed by atoms with van der Waals surface area (Å²) in [4.78, 5) is 27.6. The van der Waals surface area contributed by atoms with Crippen LogP contribution < -0.4 is 5.32 Å². The quantitative estimate of drug-likeness (QED) is 0.846. The average molecular weight is 383 g/mol. The lowest BCUT2D eigenvalue weighted by molar-refractivity contribution is -0.141. The van der Waals surface area contributed by atoms with E-state index in [9.17, 15) is 9.59 Å². The lowest BCUT2D eigenvalue weighted by Crippen LogP contribution is -2.34. The van der Waals surface area contributed by atoms with Crippen LogP contribution in [0.15, 0.2) is 18.2 Å². The van der Waals surface area contributed by atoms with Crippen molar-refractivity contribution in [3.63, 3.8) is 0 Å². The minimum absolute atomic E-state index is 0.00717. The number of hydrogen-bond acceptors (Lipinski definition) is 4. The van der Waals surface area contributed by atoms with E-state index >= 15 is 0 Å². The summed E-state index contributed by atoms with van der Waals surface area (Å²) in [6.07, 6.45) is 1.59. The minimum Gasteiger partial charge on any atom is -0.481 e. The number of nitrogens with one attached hydrogen (secondary N) is 1. The summed E-state index contributed by atoms with van der Waals surface area (Å²) in [5.41, 5.74) is 0.460. The van der Waals surface area contributed by atoms with Gasteiger partial charge in [-0.2, -0.15) is 0 Å². The molecule has 1 aliphatic rings. The molecule has 1 saturated carbocycles. The van der Waals surface area contributed by atoms with E-state index in [1.54, 1.807) is 25.1 Å². The number of amides is 1. The van der Waals surface area contributed by atoms with Crippen LogP contribution in [0.25, 0.3) is 5.69 Å². The number of benzene rings is 1. The first-order valence-corrected chi connectivity index (χ1v) is 8.54. The van der Waals surface area contributed by atoms with Crippen molar-refractivity contribution in [2.24, 2.45) is 5.92 Å². The van der Waals surface area contributed by atoms with Crippen molar-refractivity contribution in [2.45, 2.75) is 32.2 Å². The van der Waals surface area contributed by atoms with Crippen LogP contribution >= 0.6 is 23.2 Å². The Morgan fingerprint density at radius 2 is 1.96 bits per heavy atom. The van der Waals surface area contributed by atoms with Gasteiger partial charge in [0, 0.05) is 6.04 Å². The number of rotatable bonds is 4. The molecule has 2 atom stereocenters. The first-order chi connectivity index (χ1) is 11.9. The molecule has 7 nitrogen and oxygen atoms in total. The van der Waals surface area contributed by atoms with Crippen LogP contribution in [0.3, 0.4) is 0 Å². The number of carboxylic acids is 1. The monoisotopic (exact) mass is 382 g/mol. The molecule has 1 fully saturated rings. The summed E-state index contributed by atoms with van der Waals surface area (Å²) >= 11 is 12.4. The van der Waals surface area contributed by atoms with Crippen molar-refractivity contribution < 1.29 is 14.7 Å². The van der Waals surface area contributed by atoms with Gasteiger partial charge in [-0.25, -0.2) is 9.67 Å². The highest BCUT2D eigenvalue weighted by atomic mass is 35.5. The van der Waals surface area contributed by atoms with Gasteiger partial charge in [0.25, 0.3) is 5.91 Å². The molecule has 0 spiro atoms. The Bertz CT molecular complexity index is 817. The van der Waals surface area contributed by atoms with Gasteiger partial charge in [-0.3, -0.25) is 9.59 Å². The smallest absolute Gasteiger partial charge is 0.306 e. The number of halogens is 2. The number of aliphatic carboxylic acids is 1. The summed E-state index contributed by atoms with van der Waals surface area (Å²) in [5.74, 6) is -1.23. The molecule has 0 aliphatic heterocycles. The second-order valence-corrected chi connectivity index (χ2v) is 6.80. The molecule has 0 bridgehead atoms. The van der Waals surface area contributed by atoms with E-state index in [0.29, 0.717) is 40.8 Å². The highest BCUT2D eigenvalue weighted by molar-refractivity contribution is 6.37. The van der Waals surface area contributed by atoms with Crippen LogP contribution in [0.1, 0.15) is 35.7 Å². The van der Waals surface area contributed by atoms with Gasteiger partial charge in [-0.15, -0.1) is 5.10 Å². The molecule has 1 aromatic carbocycles. The molecule has 1 aliphatic carbocycles. The number of hydrogen-bond donors (Lipinski definition) is 2. The van der Waals surface area contributed by atoms with Gasteiger partial charge in [-0.1, -0.05) is 29.3 Å². The zero-order valence-corrected chi connectivity index (χ0v) is 14.9. The van der Waals surface area contributed by atoms with Gasteiger partial charge in [0.1, 0.15) is 11.5 Å². The van der Waals surface area contributed by atoms with Crippen molar-refractivity contribution in [3.05, 3.63) is 39.9 Å². The number of carboxylic acid groups (broad SMARTS) is 1. The predicted molar refractivity (Wildman–Crippen MR) is 92.3 cm³/mol. The Morgan fingerprint density at radius 3 is 2.56 bits per heavy atom. The van der Waals surface area contributed by atoms with E-state index in [-0.39, 0.29) is 11.9 Å². The van der Waals surface area contributed by atoms with E-state index < -0.39 is 17.8 Å². The Balaban J connectivity index is 1.79. The standard InChI is InChI=1S/C16H16Cl2N4O3/c1-8-19-14(15(23)20-10-6-5-9(7-10)16(24)25)21-22(8)13-11(17)3-2-4-12(13)18/h2-4,9-10H,5-7H2,1H3,(H,20,23)(H,24,25)/t9-,10+/m0/s1. The largest absolute Gasteiger partial charge is 0.481 e. The maximum atomic E-state index is 12.4. The molecule has 0 radical (unpaired) electrons. The topological polar surface area (TPSA) is 97.1 Å². The van der Waals surface area contributed by atoms with Crippen LogP contribution in [-0.4, -0.2) is 37.8 Å². The first kappa shape index (κ1) is 17.7. The van der Waals surface area contributed by atoms with E-state index in [2.05, 4.69) is 15.4 Å². The van der Waals surface area contributed by atoms with Gasteiger partial charge < -0.3 is 10.4 Å². The maximum Gasteiger partial charge on any atom is 0.306 e. The molecule has 9 heteroatoms. The fraction of sp³-hybridized carbons (Fsp3) is 0.375. The summed E-state index contributed by atoms with van der Waals surface area (Å²) in [5, 5.41) is 16.8. The van der Waals surface area contributed by atoms with E-state index in [0.717, 1.165) is 0 Å². The molecular formula is C16H16Cl2N4O3. The molecular weight excluding hydrogens is 367 g/mol. The van der Waals surface area contributed by atoms with Crippen LogP contribution in [0.4, 0.5) is 0 Å². The zero-order valence-electron chi connectivity index (χ0n) is 13.4. The third-order valence-corrected chi connectivity index (χ3v) is 4.85. The van der Waals surface area contributed by atoms with Crippen molar-refractivity contribution in [3.8, 4) is 5.69 Å². The zero-order chi connectivity index (χ0) is 18.1. The molecule has 0 saturated heterocycles. The highest BCUT2D eigenvalue weighted by Crippen LogP contribution is 2.29. The molecule has 132 valence electrons. The summed E-state index contributed by atoms with van der Waals surface area (Å²) in [6.45, 7) is 1.69. The molecule has 1 heterocycles. The van der Waals surface area contributed by atoms with Gasteiger partial charge >= 0.3 is 5.97 Å². The third kappa shape index (κ3) is 3.62. The summed E-state index contributed by atoms with van der Waals surface area (Å²) < 4.78 is 1.42. The maximum absolute atomic E-state index is 12.4. The molecule has 2 aromatic rings. The van der Waals surface area contributed by atoms with E-state index in [4.69, 9.17) is 28.3 Å². The van der Waals surface area contributed by atoms with Crippen LogP contribution in [0.2, 0.25) is 10.0 Å². The van der Waals surface area contributed by atoms with Crippen LogP contribution in [0, 0.1) is 12.8 Å². The van der Waals surface area contributed by atoms with Gasteiger partial charge in [0.15, 0.2) is 0 Å². The van der Waals surface area contributed by atoms with Crippen molar-refractivity contribution in [1.82, 2.24) is 20.1 Å². The Labute approximate surface area is 154 Å². The predicted octanol–water partition coefficient (Wildman–Crippen LogP) is 2.87. The number of carbonyl (C=O) groups is 2. The van der Waals surface area contributed by atoms with Crippen LogP contribution in [0.5, 0.6) is 0 Å². The number of aromatic nitrogens is 3. The van der Waals surface area contributed by atoms with E-state index in [1.807, 2.05) is 0 Å². The van der Waals surface area contributed by atoms with Gasteiger partial charge in [-0.05, 0) is 38.3 Å². The Hall–Kier alpha value is -2.12. The molecule has 2 N–H and O–H groups in total. The SMILES string of the molecule is Cc1nc(C(=O)N[C@@H]2CC[C@H](C(=O)O)C2)nn1-c1c(Cl)cccc1Cl. The molecule has 0 unspecified atom stereocenters.